The molecule has 1 rings (SSSR count). The summed E-state index contributed by atoms with van der Waals surface area (Å²) in [6.45, 7) is 6.36. The summed E-state index contributed by atoms with van der Waals surface area (Å²) in [6, 6.07) is 3.56. The molecule has 0 saturated heterocycles. The smallest absolute Gasteiger partial charge is 0.242 e. The topological polar surface area (TPSA) is 67.2 Å². The minimum Gasteiger partial charge on any atom is -0.397 e. The van der Waals surface area contributed by atoms with Crippen molar-refractivity contribution in [1.82, 2.24) is 5.32 Å². The van der Waals surface area contributed by atoms with Crippen molar-refractivity contribution < 1.29 is 9.18 Å². The van der Waals surface area contributed by atoms with Gasteiger partial charge in [-0.1, -0.05) is 13.8 Å². The van der Waals surface area contributed by atoms with Crippen molar-refractivity contribution in [2.75, 3.05) is 17.6 Å². The molecule has 1 amide bonds. The van der Waals surface area contributed by atoms with Crippen molar-refractivity contribution in [3.8, 4) is 0 Å². The van der Waals surface area contributed by atoms with Crippen LogP contribution >= 0.6 is 0 Å². The van der Waals surface area contributed by atoms with Crippen LogP contribution in [0.1, 0.15) is 20.8 Å². The van der Waals surface area contributed by atoms with E-state index in [0.717, 1.165) is 0 Å². The molecule has 0 radical (unpaired) electrons. The normalized spacial score (nSPS) is 12.3. The van der Waals surface area contributed by atoms with Crippen molar-refractivity contribution in [2.24, 2.45) is 5.92 Å². The lowest BCUT2D eigenvalue weighted by molar-refractivity contribution is -0.121. The monoisotopic (exact) mass is 253 g/mol. The third-order valence-electron chi connectivity index (χ3n) is 2.47. The molecule has 1 unspecified atom stereocenters. The van der Waals surface area contributed by atoms with Gasteiger partial charge in [0.15, 0.2) is 0 Å². The summed E-state index contributed by atoms with van der Waals surface area (Å²) in [4.78, 5) is 11.7. The Bertz CT molecular complexity index is 421. The maximum absolute atomic E-state index is 13.1. The fraction of sp³-hybridized carbons (Fsp3) is 0.462. The van der Waals surface area contributed by atoms with Crippen LogP contribution in [-0.4, -0.2) is 18.5 Å². The van der Waals surface area contributed by atoms with Gasteiger partial charge < -0.3 is 16.4 Å². The van der Waals surface area contributed by atoms with Crippen LogP contribution in [0.5, 0.6) is 0 Å². The number of benzene rings is 1. The summed E-state index contributed by atoms with van der Waals surface area (Å²) >= 11 is 0. The van der Waals surface area contributed by atoms with Gasteiger partial charge in [0, 0.05) is 6.54 Å². The van der Waals surface area contributed by atoms with E-state index in [2.05, 4.69) is 10.6 Å². The Hall–Kier alpha value is -1.78. The van der Waals surface area contributed by atoms with E-state index in [0.29, 0.717) is 23.8 Å². The van der Waals surface area contributed by atoms with E-state index in [4.69, 9.17) is 5.73 Å². The second-order valence-corrected chi connectivity index (χ2v) is 4.74. The summed E-state index contributed by atoms with van der Waals surface area (Å²) in [5, 5.41) is 5.70. The Morgan fingerprint density at radius 3 is 2.67 bits per heavy atom. The molecular formula is C13H20FN3O. The second-order valence-electron chi connectivity index (χ2n) is 4.74. The summed E-state index contributed by atoms with van der Waals surface area (Å²) in [5.41, 5.74) is 6.55. The van der Waals surface area contributed by atoms with Crippen LogP contribution in [0.2, 0.25) is 0 Å². The molecule has 0 spiro atoms. The van der Waals surface area contributed by atoms with Crippen LogP contribution in [0.4, 0.5) is 15.8 Å². The number of nitrogen functional groups attached to an aromatic ring is 1. The first-order valence-electron chi connectivity index (χ1n) is 5.99. The van der Waals surface area contributed by atoms with Crippen molar-refractivity contribution in [2.45, 2.75) is 26.8 Å². The number of hydrogen-bond donors (Lipinski definition) is 3. The van der Waals surface area contributed by atoms with E-state index < -0.39 is 6.04 Å². The Kier molecular flexibility index (Phi) is 4.95. The molecule has 0 saturated carbocycles. The molecule has 5 heteroatoms. The number of carbonyl (C=O) groups excluding carboxylic acids is 1. The predicted octanol–water partition coefficient (Wildman–Crippen LogP) is 1.98. The first kappa shape index (κ1) is 14.3. The highest BCUT2D eigenvalue weighted by Crippen LogP contribution is 2.19. The zero-order valence-electron chi connectivity index (χ0n) is 11.0. The van der Waals surface area contributed by atoms with Crippen LogP contribution < -0.4 is 16.4 Å². The van der Waals surface area contributed by atoms with Gasteiger partial charge in [-0.25, -0.2) is 4.39 Å². The van der Waals surface area contributed by atoms with Gasteiger partial charge in [0.25, 0.3) is 0 Å². The third-order valence-corrected chi connectivity index (χ3v) is 2.47. The lowest BCUT2D eigenvalue weighted by atomic mass is 10.2. The van der Waals surface area contributed by atoms with Gasteiger partial charge in [-0.3, -0.25) is 4.79 Å². The van der Waals surface area contributed by atoms with Gasteiger partial charge in [0.1, 0.15) is 11.9 Å². The highest BCUT2D eigenvalue weighted by atomic mass is 19.1. The molecule has 0 bridgehead atoms. The quantitative estimate of drug-likeness (QED) is 0.703. The van der Waals surface area contributed by atoms with Gasteiger partial charge in [-0.05, 0) is 31.0 Å². The zero-order chi connectivity index (χ0) is 13.7. The highest BCUT2D eigenvalue weighted by molar-refractivity contribution is 5.85. The first-order valence-corrected chi connectivity index (χ1v) is 5.99. The molecule has 1 aromatic rings. The van der Waals surface area contributed by atoms with Gasteiger partial charge in [0.2, 0.25) is 5.91 Å². The number of nitrogens with one attached hydrogen (secondary N) is 2. The van der Waals surface area contributed by atoms with E-state index >= 15 is 0 Å². The standard InChI is InChI=1S/C13H20FN3O/c1-8(2)7-16-13(18)9(3)17-12-6-10(14)4-5-11(12)15/h4-6,8-9,17H,7,15H2,1-3H3,(H,16,18). The summed E-state index contributed by atoms with van der Waals surface area (Å²) < 4.78 is 13.1. The van der Waals surface area contributed by atoms with Crippen molar-refractivity contribution in [3.63, 3.8) is 0 Å². The fourth-order valence-electron chi connectivity index (χ4n) is 1.41. The van der Waals surface area contributed by atoms with Crippen molar-refractivity contribution in [1.29, 1.82) is 0 Å². The molecule has 0 aliphatic heterocycles. The number of halogens is 1. The molecule has 18 heavy (non-hydrogen) atoms. The molecule has 0 aliphatic rings. The minimum atomic E-state index is -0.465. The molecule has 1 aromatic carbocycles. The van der Waals surface area contributed by atoms with Crippen molar-refractivity contribution in [3.05, 3.63) is 24.0 Å². The van der Waals surface area contributed by atoms with Crippen LogP contribution in [0.25, 0.3) is 0 Å². The lowest BCUT2D eigenvalue weighted by Gasteiger charge is -2.17. The summed E-state index contributed by atoms with van der Waals surface area (Å²) in [5.74, 6) is -0.130. The van der Waals surface area contributed by atoms with Crippen molar-refractivity contribution >= 4 is 17.3 Å². The molecule has 0 aromatic heterocycles. The van der Waals surface area contributed by atoms with E-state index in [9.17, 15) is 9.18 Å². The molecule has 100 valence electrons. The maximum Gasteiger partial charge on any atom is 0.242 e. The largest absolute Gasteiger partial charge is 0.397 e. The van der Waals surface area contributed by atoms with Gasteiger partial charge in [0.05, 0.1) is 11.4 Å². The minimum absolute atomic E-state index is 0.132. The van der Waals surface area contributed by atoms with E-state index in [1.807, 2.05) is 13.8 Å². The summed E-state index contributed by atoms with van der Waals surface area (Å²) in [7, 11) is 0. The van der Waals surface area contributed by atoms with Gasteiger partial charge in [-0.15, -0.1) is 0 Å². The highest BCUT2D eigenvalue weighted by Gasteiger charge is 2.14. The predicted molar refractivity (Wildman–Crippen MR) is 71.7 cm³/mol. The Balaban J connectivity index is 2.60. The van der Waals surface area contributed by atoms with E-state index in [1.165, 1.54) is 18.2 Å². The number of rotatable bonds is 5. The number of amides is 1. The maximum atomic E-state index is 13.1. The van der Waals surface area contributed by atoms with Crippen LogP contribution in [0.15, 0.2) is 18.2 Å². The van der Waals surface area contributed by atoms with E-state index in [-0.39, 0.29) is 11.7 Å². The molecule has 0 aliphatic carbocycles. The molecule has 1 atom stereocenters. The number of nitrogens with two attached hydrogens (primary N) is 1. The number of anilines is 2. The molecular weight excluding hydrogens is 233 g/mol. The molecule has 0 fully saturated rings. The SMILES string of the molecule is CC(C)CNC(=O)C(C)Nc1cc(F)ccc1N. The average Bonchev–Trinajstić information content (AvgIpc) is 2.30. The molecule has 0 heterocycles. The van der Waals surface area contributed by atoms with Crippen LogP contribution in [0.3, 0.4) is 0 Å². The van der Waals surface area contributed by atoms with Gasteiger partial charge >= 0.3 is 0 Å². The summed E-state index contributed by atoms with van der Waals surface area (Å²) in [6.07, 6.45) is 0. The third kappa shape index (κ3) is 4.24. The fourth-order valence-corrected chi connectivity index (χ4v) is 1.41. The lowest BCUT2D eigenvalue weighted by Crippen LogP contribution is -2.39. The first-order chi connectivity index (χ1) is 8.40. The number of hydrogen-bond acceptors (Lipinski definition) is 3. The number of carbonyl (C=O) groups is 1. The van der Waals surface area contributed by atoms with E-state index in [1.54, 1.807) is 6.92 Å². The molecule has 4 nitrogen and oxygen atoms in total. The Morgan fingerprint density at radius 1 is 1.39 bits per heavy atom. The average molecular weight is 253 g/mol. The Morgan fingerprint density at radius 2 is 2.06 bits per heavy atom. The molecule has 4 N–H and O–H groups in total. The van der Waals surface area contributed by atoms with Gasteiger partial charge in [-0.2, -0.15) is 0 Å². The van der Waals surface area contributed by atoms with Crippen LogP contribution in [-0.2, 0) is 4.79 Å². The Labute approximate surface area is 107 Å². The zero-order valence-corrected chi connectivity index (χ0v) is 11.0. The van der Waals surface area contributed by atoms with Crippen LogP contribution in [0, 0.1) is 11.7 Å². The second kappa shape index (κ2) is 6.23.